The van der Waals surface area contributed by atoms with Crippen LogP contribution in [0.3, 0.4) is 0 Å². The molecule has 0 bridgehead atoms. The average Bonchev–Trinajstić information content (AvgIpc) is 2.99. The highest BCUT2D eigenvalue weighted by molar-refractivity contribution is 7.99. The van der Waals surface area contributed by atoms with E-state index in [1.807, 2.05) is 13.8 Å². The van der Waals surface area contributed by atoms with Gasteiger partial charge in [-0.3, -0.25) is 14.2 Å². The third kappa shape index (κ3) is 7.22. The maximum atomic E-state index is 13.1. The summed E-state index contributed by atoms with van der Waals surface area (Å²) in [6, 6.07) is 5.36. The molecule has 170 valence electrons. The Labute approximate surface area is 193 Å². The van der Waals surface area contributed by atoms with Crippen molar-refractivity contribution >= 4 is 40.2 Å². The van der Waals surface area contributed by atoms with Gasteiger partial charge in [-0.2, -0.15) is 0 Å². The van der Waals surface area contributed by atoms with Crippen molar-refractivity contribution in [2.45, 2.75) is 82.6 Å². The van der Waals surface area contributed by atoms with Crippen molar-refractivity contribution in [3.05, 3.63) is 33.6 Å². The molecule has 1 fully saturated rings. The number of nitrogens with one attached hydrogen (secondary N) is 1. The first kappa shape index (κ1) is 24.1. The number of fused-ring (bicyclic) bond motifs is 1. The quantitative estimate of drug-likeness (QED) is 0.249. The van der Waals surface area contributed by atoms with Crippen molar-refractivity contribution in [2.24, 2.45) is 0 Å². The Hall–Kier alpha value is -1.57. The molecule has 0 radical (unpaired) electrons. The second-order valence-electron chi connectivity index (χ2n) is 8.33. The number of aromatic nitrogens is 2. The lowest BCUT2D eigenvalue weighted by molar-refractivity contribution is -0.119. The van der Waals surface area contributed by atoms with Crippen LogP contribution in [-0.2, 0) is 16.1 Å². The number of benzene rings is 1. The minimum atomic E-state index is -0.113. The van der Waals surface area contributed by atoms with Gasteiger partial charge in [-0.1, -0.05) is 49.0 Å². The molecule has 6 nitrogen and oxygen atoms in total. The number of rotatable bonds is 9. The van der Waals surface area contributed by atoms with Gasteiger partial charge in [0.2, 0.25) is 5.91 Å². The number of amides is 1. The van der Waals surface area contributed by atoms with E-state index in [4.69, 9.17) is 16.3 Å². The Morgan fingerprint density at radius 1 is 1.29 bits per heavy atom. The van der Waals surface area contributed by atoms with Gasteiger partial charge in [0.25, 0.3) is 5.56 Å². The summed E-state index contributed by atoms with van der Waals surface area (Å²) < 4.78 is 7.27. The molecule has 3 rings (SSSR count). The third-order valence-corrected chi connectivity index (χ3v) is 6.62. The predicted molar refractivity (Wildman–Crippen MR) is 127 cm³/mol. The SMILES string of the molecule is CC(C)OCCCn1c(SCC(=O)NC2CCCCCC2)nc2cc(Cl)ccc2c1=O. The van der Waals surface area contributed by atoms with Gasteiger partial charge < -0.3 is 10.1 Å². The topological polar surface area (TPSA) is 73.2 Å². The Morgan fingerprint density at radius 2 is 2.03 bits per heavy atom. The van der Waals surface area contributed by atoms with Gasteiger partial charge in [0.15, 0.2) is 5.16 Å². The first-order chi connectivity index (χ1) is 14.9. The highest BCUT2D eigenvalue weighted by Gasteiger charge is 2.17. The summed E-state index contributed by atoms with van der Waals surface area (Å²) in [5.41, 5.74) is 0.441. The molecule has 1 N–H and O–H groups in total. The Morgan fingerprint density at radius 3 is 2.74 bits per heavy atom. The molecule has 0 unspecified atom stereocenters. The molecule has 0 saturated heterocycles. The molecule has 1 saturated carbocycles. The smallest absolute Gasteiger partial charge is 0.262 e. The van der Waals surface area contributed by atoms with E-state index in [1.165, 1.54) is 37.4 Å². The maximum Gasteiger partial charge on any atom is 0.262 e. The third-order valence-electron chi connectivity index (χ3n) is 5.41. The van der Waals surface area contributed by atoms with E-state index >= 15 is 0 Å². The van der Waals surface area contributed by atoms with Crippen LogP contribution in [0.5, 0.6) is 0 Å². The van der Waals surface area contributed by atoms with Gasteiger partial charge in [-0.05, 0) is 51.3 Å². The van der Waals surface area contributed by atoms with Gasteiger partial charge in [0.1, 0.15) is 0 Å². The van der Waals surface area contributed by atoms with E-state index in [1.54, 1.807) is 22.8 Å². The summed E-state index contributed by atoms with van der Waals surface area (Å²) in [6.07, 6.45) is 7.77. The molecule has 0 aliphatic heterocycles. The van der Waals surface area contributed by atoms with Crippen molar-refractivity contribution in [2.75, 3.05) is 12.4 Å². The second-order valence-corrected chi connectivity index (χ2v) is 9.71. The first-order valence-corrected chi connectivity index (χ1v) is 12.5. The zero-order valence-electron chi connectivity index (χ0n) is 18.4. The fraction of sp³-hybridized carbons (Fsp3) is 0.609. The number of hydrogen-bond donors (Lipinski definition) is 1. The van der Waals surface area contributed by atoms with Crippen molar-refractivity contribution in [3.63, 3.8) is 0 Å². The monoisotopic (exact) mass is 465 g/mol. The van der Waals surface area contributed by atoms with Crippen LogP contribution in [0.2, 0.25) is 5.02 Å². The van der Waals surface area contributed by atoms with Crippen LogP contribution in [0.25, 0.3) is 10.9 Å². The van der Waals surface area contributed by atoms with E-state index in [0.29, 0.717) is 40.7 Å². The van der Waals surface area contributed by atoms with E-state index < -0.39 is 0 Å². The molecule has 2 aromatic rings. The van der Waals surface area contributed by atoms with Gasteiger partial charge in [0.05, 0.1) is 22.8 Å². The van der Waals surface area contributed by atoms with Gasteiger partial charge in [0, 0.05) is 24.2 Å². The normalized spacial score (nSPS) is 15.4. The standard InChI is InChI=1S/C23H32ClN3O3S/c1-16(2)30-13-7-12-27-22(29)19-11-10-17(24)14-20(19)26-23(27)31-15-21(28)25-18-8-5-3-4-6-9-18/h10-11,14,16,18H,3-9,12-13,15H2,1-2H3,(H,25,28). The van der Waals surface area contributed by atoms with Crippen LogP contribution in [-0.4, -0.2) is 40.0 Å². The molecule has 1 amide bonds. The number of thioether (sulfide) groups is 1. The van der Waals surface area contributed by atoms with Crippen molar-refractivity contribution < 1.29 is 9.53 Å². The zero-order chi connectivity index (χ0) is 22.2. The van der Waals surface area contributed by atoms with E-state index in [9.17, 15) is 9.59 Å². The number of halogens is 1. The summed E-state index contributed by atoms with van der Waals surface area (Å²) in [5.74, 6) is 0.226. The van der Waals surface area contributed by atoms with Crippen molar-refractivity contribution in [3.8, 4) is 0 Å². The van der Waals surface area contributed by atoms with Crippen molar-refractivity contribution in [1.29, 1.82) is 0 Å². The van der Waals surface area contributed by atoms with Crippen LogP contribution in [0.1, 0.15) is 58.8 Å². The molecule has 8 heteroatoms. The maximum absolute atomic E-state index is 13.1. The molecule has 1 aliphatic rings. The van der Waals surface area contributed by atoms with E-state index in [-0.39, 0.29) is 29.4 Å². The number of ether oxygens (including phenoxy) is 1. The Kier molecular flexibility index (Phi) is 9.23. The van der Waals surface area contributed by atoms with Crippen LogP contribution in [0, 0.1) is 0 Å². The summed E-state index contributed by atoms with van der Waals surface area (Å²) in [4.78, 5) is 30.3. The van der Waals surface area contributed by atoms with Crippen LogP contribution in [0.15, 0.2) is 28.2 Å². The molecular formula is C23H32ClN3O3S. The average molecular weight is 466 g/mol. The molecule has 1 aliphatic carbocycles. The molecule has 1 aromatic carbocycles. The number of carbonyl (C=O) groups excluding carboxylic acids is 1. The molecule has 0 atom stereocenters. The highest BCUT2D eigenvalue weighted by Crippen LogP contribution is 2.22. The van der Waals surface area contributed by atoms with Crippen LogP contribution >= 0.6 is 23.4 Å². The van der Waals surface area contributed by atoms with E-state index in [2.05, 4.69) is 10.3 Å². The summed E-state index contributed by atoms with van der Waals surface area (Å²) in [6.45, 7) is 5.03. The van der Waals surface area contributed by atoms with Crippen molar-refractivity contribution in [1.82, 2.24) is 14.9 Å². The summed E-state index contributed by atoms with van der Waals surface area (Å²) >= 11 is 7.41. The number of hydrogen-bond acceptors (Lipinski definition) is 5. The van der Waals surface area contributed by atoms with Gasteiger partial charge in [-0.15, -0.1) is 0 Å². The predicted octanol–water partition coefficient (Wildman–Crippen LogP) is 4.80. The second kappa shape index (κ2) is 11.9. The van der Waals surface area contributed by atoms with Crippen LogP contribution < -0.4 is 10.9 Å². The summed E-state index contributed by atoms with van der Waals surface area (Å²) in [7, 11) is 0. The molecule has 1 aromatic heterocycles. The minimum absolute atomic E-state index is 0.00738. The molecule has 1 heterocycles. The van der Waals surface area contributed by atoms with Crippen LogP contribution in [0.4, 0.5) is 0 Å². The minimum Gasteiger partial charge on any atom is -0.379 e. The fourth-order valence-corrected chi connectivity index (χ4v) is 4.85. The molecule has 0 spiro atoms. The molecular weight excluding hydrogens is 434 g/mol. The lowest BCUT2D eigenvalue weighted by Gasteiger charge is -2.17. The van der Waals surface area contributed by atoms with Gasteiger partial charge in [-0.25, -0.2) is 4.98 Å². The largest absolute Gasteiger partial charge is 0.379 e. The highest BCUT2D eigenvalue weighted by atomic mass is 35.5. The number of nitrogens with zero attached hydrogens (tertiary/aromatic N) is 2. The zero-order valence-corrected chi connectivity index (χ0v) is 19.9. The lowest BCUT2D eigenvalue weighted by atomic mass is 10.1. The molecule has 31 heavy (non-hydrogen) atoms. The number of carbonyl (C=O) groups is 1. The fourth-order valence-electron chi connectivity index (χ4n) is 3.85. The van der Waals surface area contributed by atoms with E-state index in [0.717, 1.165) is 12.8 Å². The summed E-state index contributed by atoms with van der Waals surface area (Å²) in [5, 5.41) is 4.76. The lowest BCUT2D eigenvalue weighted by Crippen LogP contribution is -2.35. The Bertz CT molecular complexity index is 940. The first-order valence-electron chi connectivity index (χ1n) is 11.2. The Balaban J connectivity index is 1.73. The van der Waals surface area contributed by atoms with Gasteiger partial charge >= 0.3 is 0 Å².